The van der Waals surface area contributed by atoms with Gasteiger partial charge in [0.2, 0.25) is 0 Å². The Morgan fingerprint density at radius 1 is 0.179 bits per heavy atom. The summed E-state index contributed by atoms with van der Waals surface area (Å²) in [5, 5.41) is 16.0. The number of benzene rings is 12. The van der Waals surface area contributed by atoms with Gasteiger partial charge in [-0.1, -0.05) is 200 Å². The normalized spacial score (nSPS) is 12.2. The van der Waals surface area contributed by atoms with Crippen LogP contribution in [0.25, 0.3) is 153 Å². The molecule has 3 nitrogen and oxygen atoms in total. The summed E-state index contributed by atoms with van der Waals surface area (Å²) in [6, 6.07) is 78.3. The number of hydrogen-bond donors (Lipinski definition) is 0. The maximum absolute atomic E-state index is 7.17. The monoisotopic (exact) mass is 852 g/mol. The minimum absolute atomic E-state index is 0.853. The van der Waals surface area contributed by atoms with E-state index in [4.69, 9.17) is 13.3 Å². The second-order valence-corrected chi connectivity index (χ2v) is 17.7. The van der Waals surface area contributed by atoms with Crippen LogP contribution in [-0.2, 0) is 0 Å². The highest BCUT2D eigenvalue weighted by atomic mass is 16.3. The standard InChI is InChI=1S/C64H36O3/c1-3-21-41-39(19-1)57(40-20-2-4-22-42(40)58(41)50-30-13-27-47-37-17-9-11-34-54(37)65-62(47)50)49-29-16-36-56-61(49)53-33-15-32-52(64(53)67-56)60-45-25-7-5-23-43(45)59(44-24-6-8-26-46(44)60)51-31-14-28-48-38-18-10-12-35-55(38)66-63(48)51/h1-36H. The molecule has 0 radical (unpaired) electrons. The molecule has 0 fully saturated rings. The third-order valence-electron chi connectivity index (χ3n) is 14.3. The van der Waals surface area contributed by atoms with Crippen molar-refractivity contribution in [1.82, 2.24) is 0 Å². The zero-order chi connectivity index (χ0) is 43.7. The van der Waals surface area contributed by atoms with Gasteiger partial charge >= 0.3 is 0 Å². The van der Waals surface area contributed by atoms with E-state index in [1.165, 1.54) is 32.7 Å². The lowest BCUT2D eigenvalue weighted by Crippen LogP contribution is -1.92. The lowest BCUT2D eigenvalue weighted by molar-refractivity contribution is 0.669. The molecule has 0 unspecified atom stereocenters. The first kappa shape index (κ1) is 36.4. The third kappa shape index (κ3) is 5.06. The zero-order valence-electron chi connectivity index (χ0n) is 36.0. The number of hydrogen-bond acceptors (Lipinski definition) is 3. The van der Waals surface area contributed by atoms with Crippen LogP contribution < -0.4 is 0 Å². The Balaban J connectivity index is 1.000. The molecule has 67 heavy (non-hydrogen) atoms. The van der Waals surface area contributed by atoms with Crippen molar-refractivity contribution in [2.24, 2.45) is 0 Å². The van der Waals surface area contributed by atoms with Crippen LogP contribution in [0.5, 0.6) is 0 Å². The SMILES string of the molecule is c1ccc2c(c1)oc1c(-c3c4ccccc4c(-c4cccc5c4oc4cccc(-c6c7ccccc7c(-c7cccc8c7oc7ccccc78)c7ccccc67)c45)c4ccccc34)cccc12. The minimum Gasteiger partial charge on any atom is -0.455 e. The lowest BCUT2D eigenvalue weighted by atomic mass is 9.84. The van der Waals surface area contributed by atoms with Gasteiger partial charge in [-0.15, -0.1) is 0 Å². The predicted molar refractivity (Wildman–Crippen MR) is 280 cm³/mol. The van der Waals surface area contributed by atoms with Gasteiger partial charge in [-0.05, 0) is 72.4 Å². The van der Waals surface area contributed by atoms with Crippen molar-refractivity contribution >= 4 is 109 Å². The van der Waals surface area contributed by atoms with Gasteiger partial charge in [0.25, 0.3) is 0 Å². The van der Waals surface area contributed by atoms with Crippen molar-refractivity contribution in [3.05, 3.63) is 218 Å². The Morgan fingerprint density at radius 2 is 0.433 bits per heavy atom. The summed E-state index contributed by atoms with van der Waals surface area (Å²) >= 11 is 0. The fraction of sp³-hybridized carbons (Fsp3) is 0. The van der Waals surface area contributed by atoms with Gasteiger partial charge in [0, 0.05) is 65.7 Å². The van der Waals surface area contributed by atoms with Crippen LogP contribution in [0.4, 0.5) is 0 Å². The Hall–Kier alpha value is -8.92. The van der Waals surface area contributed by atoms with Crippen molar-refractivity contribution in [2.75, 3.05) is 0 Å². The molecule has 3 aromatic heterocycles. The van der Waals surface area contributed by atoms with E-state index in [2.05, 4.69) is 206 Å². The van der Waals surface area contributed by atoms with Crippen LogP contribution in [0.1, 0.15) is 0 Å². The number of furan rings is 3. The lowest BCUT2D eigenvalue weighted by Gasteiger charge is -2.18. The van der Waals surface area contributed by atoms with Crippen molar-refractivity contribution in [2.45, 2.75) is 0 Å². The quantitative estimate of drug-likeness (QED) is 0.166. The molecule has 0 atom stereocenters. The largest absolute Gasteiger partial charge is 0.455 e. The molecule has 0 saturated carbocycles. The molecule has 0 aliphatic heterocycles. The summed E-state index contributed by atoms with van der Waals surface area (Å²) in [7, 11) is 0. The van der Waals surface area contributed by atoms with E-state index in [9.17, 15) is 0 Å². The molecular formula is C64H36O3. The fourth-order valence-corrected chi connectivity index (χ4v) is 11.6. The average Bonchev–Trinajstić information content (AvgIpc) is 4.09. The highest BCUT2D eigenvalue weighted by molar-refractivity contribution is 6.30. The molecule has 0 bridgehead atoms. The van der Waals surface area contributed by atoms with E-state index < -0.39 is 0 Å². The van der Waals surface area contributed by atoms with E-state index in [0.29, 0.717) is 0 Å². The summed E-state index contributed by atoms with van der Waals surface area (Å²) in [6.45, 7) is 0. The molecule has 12 aromatic carbocycles. The number of rotatable bonds is 4. The van der Waals surface area contributed by atoms with Gasteiger partial charge < -0.3 is 13.3 Å². The topological polar surface area (TPSA) is 39.4 Å². The number of para-hydroxylation sites is 5. The molecule has 0 amide bonds. The molecule has 0 N–H and O–H groups in total. The highest BCUT2D eigenvalue weighted by Crippen LogP contribution is 2.52. The smallest absolute Gasteiger partial charge is 0.143 e. The Kier molecular flexibility index (Phi) is 7.50. The fourth-order valence-electron chi connectivity index (χ4n) is 11.6. The third-order valence-corrected chi connectivity index (χ3v) is 14.3. The van der Waals surface area contributed by atoms with E-state index in [1.807, 2.05) is 12.1 Å². The molecule has 0 aliphatic carbocycles. The summed E-state index contributed by atoms with van der Waals surface area (Å²) < 4.78 is 20.5. The van der Waals surface area contributed by atoms with E-state index >= 15 is 0 Å². The van der Waals surface area contributed by atoms with Crippen molar-refractivity contribution < 1.29 is 13.3 Å². The summed E-state index contributed by atoms with van der Waals surface area (Å²) in [5.41, 5.74) is 14.4. The Labute approximate surface area is 383 Å². The maximum atomic E-state index is 7.17. The molecule has 0 spiro atoms. The second-order valence-electron chi connectivity index (χ2n) is 17.7. The Morgan fingerprint density at radius 3 is 0.836 bits per heavy atom. The summed E-state index contributed by atoms with van der Waals surface area (Å²) in [5.74, 6) is 0. The van der Waals surface area contributed by atoms with Gasteiger partial charge in [0.15, 0.2) is 0 Å². The van der Waals surface area contributed by atoms with Crippen LogP contribution in [0.2, 0.25) is 0 Å². The van der Waals surface area contributed by atoms with Crippen molar-refractivity contribution in [1.29, 1.82) is 0 Å². The average molecular weight is 853 g/mol. The molecular weight excluding hydrogens is 817 g/mol. The van der Waals surface area contributed by atoms with E-state index in [1.54, 1.807) is 0 Å². The van der Waals surface area contributed by atoms with E-state index in [-0.39, 0.29) is 0 Å². The van der Waals surface area contributed by atoms with Crippen LogP contribution >= 0.6 is 0 Å². The van der Waals surface area contributed by atoms with Gasteiger partial charge in [0.1, 0.15) is 33.5 Å². The van der Waals surface area contributed by atoms with Gasteiger partial charge in [-0.25, -0.2) is 0 Å². The molecule has 3 heteroatoms. The molecule has 0 saturated heterocycles. The van der Waals surface area contributed by atoms with Crippen molar-refractivity contribution in [3.63, 3.8) is 0 Å². The number of fused-ring (bicyclic) bond motifs is 13. The molecule has 3 heterocycles. The molecule has 310 valence electrons. The van der Waals surface area contributed by atoms with Gasteiger partial charge in [-0.2, -0.15) is 0 Å². The first-order valence-corrected chi connectivity index (χ1v) is 22.9. The molecule has 15 rings (SSSR count). The minimum atomic E-state index is 0.853. The van der Waals surface area contributed by atoms with Gasteiger partial charge in [0.05, 0.1) is 0 Å². The van der Waals surface area contributed by atoms with Crippen molar-refractivity contribution in [3.8, 4) is 44.5 Å². The molecule has 15 aromatic rings. The zero-order valence-corrected chi connectivity index (χ0v) is 36.0. The van der Waals surface area contributed by atoms with Gasteiger partial charge in [-0.3, -0.25) is 0 Å². The van der Waals surface area contributed by atoms with Crippen LogP contribution in [0, 0.1) is 0 Å². The first-order valence-electron chi connectivity index (χ1n) is 22.9. The predicted octanol–water partition coefficient (Wildman–Crippen LogP) is 18.7. The second kappa shape index (κ2) is 13.8. The summed E-state index contributed by atoms with van der Waals surface area (Å²) in [4.78, 5) is 0. The van der Waals surface area contributed by atoms with E-state index in [0.717, 1.165) is 121 Å². The molecule has 0 aliphatic rings. The summed E-state index contributed by atoms with van der Waals surface area (Å²) in [6.07, 6.45) is 0. The van der Waals surface area contributed by atoms with Crippen LogP contribution in [0.15, 0.2) is 232 Å². The first-order chi connectivity index (χ1) is 33.3. The highest BCUT2D eigenvalue weighted by Gasteiger charge is 2.25. The van der Waals surface area contributed by atoms with Crippen LogP contribution in [-0.4, -0.2) is 0 Å². The Bertz CT molecular complexity index is 4460. The maximum Gasteiger partial charge on any atom is 0.143 e. The van der Waals surface area contributed by atoms with Crippen LogP contribution in [0.3, 0.4) is 0 Å².